The predicted octanol–water partition coefficient (Wildman–Crippen LogP) is 4.52. The molecule has 0 fully saturated rings. The summed E-state index contributed by atoms with van der Waals surface area (Å²) >= 11 is 6.05. The Bertz CT molecular complexity index is 974. The van der Waals surface area contributed by atoms with E-state index >= 15 is 0 Å². The van der Waals surface area contributed by atoms with Gasteiger partial charge < -0.3 is 15.4 Å². The highest BCUT2D eigenvalue weighted by molar-refractivity contribution is 6.33. The third kappa shape index (κ3) is 4.43. The van der Waals surface area contributed by atoms with Crippen LogP contribution in [-0.4, -0.2) is 24.0 Å². The number of esters is 1. The Morgan fingerprint density at radius 2 is 1.67 bits per heavy atom. The second kappa shape index (κ2) is 8.33. The molecule has 0 spiro atoms. The van der Waals surface area contributed by atoms with Gasteiger partial charge in [0.2, 0.25) is 0 Å². The number of hydrogen-bond acceptors (Lipinski definition) is 5. The summed E-state index contributed by atoms with van der Waals surface area (Å²) in [6.07, 6.45) is 1.44. The number of methoxy groups -OCH3 is 1. The van der Waals surface area contributed by atoms with Crippen LogP contribution in [0.1, 0.15) is 20.7 Å². The highest BCUT2D eigenvalue weighted by Gasteiger charge is 2.12. The Kier molecular flexibility index (Phi) is 5.68. The lowest BCUT2D eigenvalue weighted by molar-refractivity contribution is 0.0601. The highest BCUT2D eigenvalue weighted by Crippen LogP contribution is 2.22. The zero-order valence-electron chi connectivity index (χ0n) is 14.4. The van der Waals surface area contributed by atoms with Gasteiger partial charge in [0, 0.05) is 6.20 Å². The van der Waals surface area contributed by atoms with Gasteiger partial charge in [0.05, 0.1) is 34.6 Å². The fourth-order valence-corrected chi connectivity index (χ4v) is 2.56. The molecule has 3 rings (SSSR count). The molecule has 0 aliphatic heterocycles. The number of amides is 1. The van der Waals surface area contributed by atoms with Gasteiger partial charge in [-0.2, -0.15) is 0 Å². The average Bonchev–Trinajstić information content (AvgIpc) is 2.70. The molecule has 1 amide bonds. The van der Waals surface area contributed by atoms with Gasteiger partial charge in [0.15, 0.2) is 0 Å². The summed E-state index contributed by atoms with van der Waals surface area (Å²) in [5, 5.41) is 6.24. The number of pyridine rings is 1. The summed E-state index contributed by atoms with van der Waals surface area (Å²) in [5.74, 6) is -0.286. The summed E-state index contributed by atoms with van der Waals surface area (Å²) in [7, 11) is 1.32. The first kappa shape index (κ1) is 18.4. The molecule has 0 radical (unpaired) electrons. The molecule has 27 heavy (non-hydrogen) atoms. The molecule has 2 N–H and O–H groups in total. The maximum Gasteiger partial charge on any atom is 0.339 e. The highest BCUT2D eigenvalue weighted by atomic mass is 35.5. The van der Waals surface area contributed by atoms with E-state index in [-0.39, 0.29) is 5.91 Å². The number of para-hydroxylation sites is 2. The Balaban J connectivity index is 1.74. The molecule has 0 aliphatic rings. The lowest BCUT2D eigenvalue weighted by Gasteiger charge is -2.11. The van der Waals surface area contributed by atoms with E-state index in [2.05, 4.69) is 15.6 Å². The maximum absolute atomic E-state index is 12.3. The smallest absolute Gasteiger partial charge is 0.339 e. The van der Waals surface area contributed by atoms with Crippen molar-refractivity contribution in [2.75, 3.05) is 17.7 Å². The number of anilines is 3. The lowest BCUT2D eigenvalue weighted by atomic mass is 10.1. The monoisotopic (exact) mass is 381 g/mol. The molecular formula is C20H16ClN3O3. The van der Waals surface area contributed by atoms with Crippen LogP contribution in [0.15, 0.2) is 66.9 Å². The van der Waals surface area contributed by atoms with Gasteiger partial charge in [-0.25, -0.2) is 9.78 Å². The quantitative estimate of drug-likeness (QED) is 0.635. The Labute approximate surface area is 161 Å². The van der Waals surface area contributed by atoms with Crippen molar-refractivity contribution >= 4 is 40.7 Å². The number of benzene rings is 2. The van der Waals surface area contributed by atoms with Crippen molar-refractivity contribution in [3.8, 4) is 0 Å². The molecule has 1 aromatic heterocycles. The van der Waals surface area contributed by atoms with Crippen LogP contribution in [0.5, 0.6) is 0 Å². The largest absolute Gasteiger partial charge is 0.465 e. The van der Waals surface area contributed by atoms with E-state index in [1.165, 1.54) is 13.3 Å². The minimum absolute atomic E-state index is 0.322. The van der Waals surface area contributed by atoms with E-state index in [0.29, 0.717) is 33.3 Å². The Hall–Kier alpha value is -3.38. The molecule has 6 nitrogen and oxygen atoms in total. The van der Waals surface area contributed by atoms with E-state index in [1.54, 1.807) is 60.7 Å². The van der Waals surface area contributed by atoms with Gasteiger partial charge in [0.1, 0.15) is 5.82 Å². The van der Waals surface area contributed by atoms with Gasteiger partial charge in [-0.3, -0.25) is 4.79 Å². The Morgan fingerprint density at radius 3 is 2.33 bits per heavy atom. The third-order valence-electron chi connectivity index (χ3n) is 3.74. The minimum atomic E-state index is -0.450. The van der Waals surface area contributed by atoms with Crippen LogP contribution in [0.3, 0.4) is 0 Å². The Morgan fingerprint density at radius 1 is 0.963 bits per heavy atom. The third-order valence-corrected chi connectivity index (χ3v) is 4.07. The van der Waals surface area contributed by atoms with Gasteiger partial charge in [-0.1, -0.05) is 35.9 Å². The summed E-state index contributed by atoms with van der Waals surface area (Å²) in [6.45, 7) is 0. The molecule has 0 saturated carbocycles. The van der Waals surface area contributed by atoms with Crippen molar-refractivity contribution in [3.05, 3.63) is 83.0 Å². The zero-order valence-corrected chi connectivity index (χ0v) is 15.2. The first-order chi connectivity index (χ1) is 13.1. The zero-order chi connectivity index (χ0) is 19.2. The fraction of sp³-hybridized carbons (Fsp3) is 0.0500. The molecular weight excluding hydrogens is 366 g/mol. The van der Waals surface area contributed by atoms with Crippen LogP contribution in [0, 0.1) is 0 Å². The average molecular weight is 382 g/mol. The van der Waals surface area contributed by atoms with E-state index in [1.807, 2.05) is 0 Å². The summed E-state index contributed by atoms with van der Waals surface area (Å²) < 4.78 is 4.77. The number of hydrogen-bond donors (Lipinski definition) is 2. The topological polar surface area (TPSA) is 80.3 Å². The SMILES string of the molecule is COC(=O)c1ccccc1Nc1ccc(C(=O)Nc2ccccc2Cl)cn1. The number of carbonyl (C=O) groups is 2. The number of ether oxygens (including phenoxy) is 1. The van der Waals surface area contributed by atoms with Crippen LogP contribution in [0.25, 0.3) is 0 Å². The molecule has 0 saturated heterocycles. The van der Waals surface area contributed by atoms with Crippen molar-refractivity contribution in [1.82, 2.24) is 4.98 Å². The van der Waals surface area contributed by atoms with Crippen molar-refractivity contribution < 1.29 is 14.3 Å². The number of carbonyl (C=O) groups excluding carboxylic acids is 2. The molecule has 0 bridgehead atoms. The summed E-state index contributed by atoms with van der Waals surface area (Å²) in [4.78, 5) is 28.4. The standard InChI is InChI=1S/C20H16ClN3O3/c1-27-20(26)14-6-2-4-8-16(14)23-18-11-10-13(12-22-18)19(25)24-17-9-5-3-7-15(17)21/h2-12H,1H3,(H,22,23)(H,24,25). The van der Waals surface area contributed by atoms with Crippen LogP contribution < -0.4 is 10.6 Å². The number of rotatable bonds is 5. The molecule has 2 aromatic carbocycles. The van der Waals surface area contributed by atoms with E-state index < -0.39 is 5.97 Å². The molecule has 7 heteroatoms. The minimum Gasteiger partial charge on any atom is -0.465 e. The molecule has 1 heterocycles. The number of aromatic nitrogens is 1. The number of halogens is 1. The predicted molar refractivity (Wildman–Crippen MR) is 105 cm³/mol. The number of nitrogens with one attached hydrogen (secondary N) is 2. The fourth-order valence-electron chi connectivity index (χ4n) is 2.38. The van der Waals surface area contributed by atoms with E-state index in [9.17, 15) is 9.59 Å². The van der Waals surface area contributed by atoms with E-state index in [4.69, 9.17) is 16.3 Å². The first-order valence-electron chi connectivity index (χ1n) is 8.05. The van der Waals surface area contributed by atoms with Crippen molar-refractivity contribution in [1.29, 1.82) is 0 Å². The maximum atomic E-state index is 12.3. The van der Waals surface area contributed by atoms with Crippen molar-refractivity contribution in [2.24, 2.45) is 0 Å². The van der Waals surface area contributed by atoms with Crippen molar-refractivity contribution in [2.45, 2.75) is 0 Å². The van der Waals surface area contributed by atoms with Crippen LogP contribution in [0.4, 0.5) is 17.2 Å². The van der Waals surface area contributed by atoms with Crippen LogP contribution in [0.2, 0.25) is 5.02 Å². The van der Waals surface area contributed by atoms with E-state index in [0.717, 1.165) is 0 Å². The molecule has 0 unspecified atom stereocenters. The summed E-state index contributed by atoms with van der Waals surface area (Å²) in [6, 6.07) is 17.2. The molecule has 136 valence electrons. The van der Waals surface area contributed by atoms with Gasteiger partial charge in [-0.15, -0.1) is 0 Å². The lowest BCUT2D eigenvalue weighted by Crippen LogP contribution is -2.12. The molecule has 0 atom stereocenters. The van der Waals surface area contributed by atoms with Gasteiger partial charge in [0.25, 0.3) is 5.91 Å². The van der Waals surface area contributed by atoms with Crippen LogP contribution in [-0.2, 0) is 4.74 Å². The molecule has 0 aliphatic carbocycles. The first-order valence-corrected chi connectivity index (χ1v) is 8.42. The van der Waals surface area contributed by atoms with Crippen LogP contribution >= 0.6 is 11.6 Å². The second-order valence-electron chi connectivity index (χ2n) is 5.53. The van der Waals surface area contributed by atoms with Gasteiger partial charge >= 0.3 is 5.97 Å². The van der Waals surface area contributed by atoms with Gasteiger partial charge in [-0.05, 0) is 36.4 Å². The molecule has 3 aromatic rings. The number of nitrogens with zero attached hydrogens (tertiary/aromatic N) is 1. The van der Waals surface area contributed by atoms with Crippen molar-refractivity contribution in [3.63, 3.8) is 0 Å². The summed E-state index contributed by atoms with van der Waals surface area (Å²) in [5.41, 5.74) is 1.85. The normalized spacial score (nSPS) is 10.1. The second-order valence-corrected chi connectivity index (χ2v) is 5.94.